The van der Waals surface area contributed by atoms with Gasteiger partial charge < -0.3 is 14.1 Å². The van der Waals surface area contributed by atoms with Crippen molar-refractivity contribution in [3.63, 3.8) is 0 Å². The lowest BCUT2D eigenvalue weighted by Crippen LogP contribution is -2.28. The highest BCUT2D eigenvalue weighted by molar-refractivity contribution is 9.10. The van der Waals surface area contributed by atoms with Crippen molar-refractivity contribution in [3.8, 4) is 5.75 Å². The molecule has 0 atom stereocenters. The second-order valence-corrected chi connectivity index (χ2v) is 6.70. The molecule has 1 amide bonds. The van der Waals surface area contributed by atoms with Gasteiger partial charge in [0.25, 0.3) is 0 Å². The predicted molar refractivity (Wildman–Crippen MR) is 97.0 cm³/mol. The zero-order chi connectivity index (χ0) is 18.0. The molecule has 3 aromatic rings. The molecule has 0 fully saturated rings. The molecule has 0 unspecified atom stereocenters. The van der Waals surface area contributed by atoms with Gasteiger partial charge in [-0.2, -0.15) is 0 Å². The van der Waals surface area contributed by atoms with Gasteiger partial charge in [0.05, 0.1) is 19.8 Å². The summed E-state index contributed by atoms with van der Waals surface area (Å²) >= 11 is 3.32. The summed E-state index contributed by atoms with van der Waals surface area (Å²) in [5.74, 6) is 0.253. The van der Waals surface area contributed by atoms with Crippen molar-refractivity contribution in [2.75, 3.05) is 14.2 Å². The lowest BCUT2D eigenvalue weighted by molar-refractivity contribution is -0.129. The molecule has 0 aliphatic rings. The van der Waals surface area contributed by atoms with Crippen LogP contribution < -0.4 is 4.74 Å². The van der Waals surface area contributed by atoms with Crippen LogP contribution in [0, 0.1) is 5.82 Å². The van der Waals surface area contributed by atoms with E-state index >= 15 is 0 Å². The van der Waals surface area contributed by atoms with Crippen molar-refractivity contribution in [1.29, 1.82) is 0 Å². The number of furan rings is 1. The first-order valence-corrected chi connectivity index (χ1v) is 8.49. The van der Waals surface area contributed by atoms with Crippen molar-refractivity contribution in [2.45, 2.75) is 13.0 Å². The van der Waals surface area contributed by atoms with E-state index in [4.69, 9.17) is 9.15 Å². The van der Waals surface area contributed by atoms with E-state index in [9.17, 15) is 9.18 Å². The number of carbonyl (C=O) groups excluding carboxylic acids is 1. The first-order valence-electron chi connectivity index (χ1n) is 7.70. The van der Waals surface area contributed by atoms with Gasteiger partial charge in [-0.25, -0.2) is 4.39 Å². The molecule has 2 aromatic carbocycles. The van der Waals surface area contributed by atoms with Gasteiger partial charge >= 0.3 is 0 Å². The van der Waals surface area contributed by atoms with Crippen LogP contribution in [0.5, 0.6) is 5.75 Å². The highest BCUT2D eigenvalue weighted by atomic mass is 79.9. The average Bonchev–Trinajstić information content (AvgIpc) is 3.00. The fourth-order valence-electron chi connectivity index (χ4n) is 2.63. The Kier molecular flexibility index (Phi) is 5.08. The van der Waals surface area contributed by atoms with E-state index in [2.05, 4.69) is 15.9 Å². The largest absolute Gasteiger partial charge is 0.497 e. The molecule has 25 heavy (non-hydrogen) atoms. The minimum absolute atomic E-state index is 0.113. The van der Waals surface area contributed by atoms with Crippen LogP contribution in [0.3, 0.4) is 0 Å². The maximum absolute atomic E-state index is 13.9. The van der Waals surface area contributed by atoms with Crippen LogP contribution in [-0.4, -0.2) is 25.0 Å². The van der Waals surface area contributed by atoms with Gasteiger partial charge in [0.1, 0.15) is 17.1 Å². The fraction of sp³-hybridized carbons (Fsp3) is 0.211. The van der Waals surface area contributed by atoms with Crippen LogP contribution in [0.25, 0.3) is 11.0 Å². The quantitative estimate of drug-likeness (QED) is 0.625. The van der Waals surface area contributed by atoms with Crippen LogP contribution >= 0.6 is 15.9 Å². The Morgan fingerprint density at radius 1 is 1.24 bits per heavy atom. The lowest BCUT2D eigenvalue weighted by atomic mass is 10.1. The molecular weight excluding hydrogens is 389 g/mol. The molecule has 0 aliphatic carbocycles. The molecule has 130 valence electrons. The van der Waals surface area contributed by atoms with Gasteiger partial charge in [-0.15, -0.1) is 0 Å². The highest BCUT2D eigenvalue weighted by Crippen LogP contribution is 2.26. The van der Waals surface area contributed by atoms with Crippen molar-refractivity contribution in [3.05, 3.63) is 64.1 Å². The summed E-state index contributed by atoms with van der Waals surface area (Å²) in [4.78, 5) is 14.0. The van der Waals surface area contributed by atoms with Gasteiger partial charge in [0, 0.05) is 40.6 Å². The number of halogens is 2. The summed E-state index contributed by atoms with van der Waals surface area (Å²) in [5, 5.41) is 0.871. The number of ether oxygens (including phenoxy) is 1. The Labute approximate surface area is 153 Å². The number of benzene rings is 2. The molecular formula is C19H17BrFNO3. The number of nitrogens with zero attached hydrogens (tertiary/aromatic N) is 1. The molecule has 0 radical (unpaired) electrons. The topological polar surface area (TPSA) is 42.7 Å². The maximum atomic E-state index is 13.9. The molecule has 0 spiro atoms. The molecule has 0 saturated heterocycles. The standard InChI is InChI=1S/C19H17BrFNO3/c1-22(10-12-7-14(20)3-6-17(12)21)19(23)8-13-11-25-18-9-15(24-2)4-5-16(13)18/h3-7,9,11H,8,10H2,1-2H3. The number of amides is 1. The normalized spacial score (nSPS) is 10.9. The summed E-state index contributed by atoms with van der Waals surface area (Å²) < 4.78 is 25.3. The summed E-state index contributed by atoms with van der Waals surface area (Å²) in [6, 6.07) is 10.2. The number of methoxy groups -OCH3 is 1. The van der Waals surface area contributed by atoms with E-state index in [1.54, 1.807) is 38.6 Å². The Balaban J connectivity index is 1.74. The van der Waals surface area contributed by atoms with Crippen LogP contribution in [0.4, 0.5) is 4.39 Å². The van der Waals surface area contributed by atoms with Crippen LogP contribution in [0.2, 0.25) is 0 Å². The zero-order valence-electron chi connectivity index (χ0n) is 13.9. The van der Waals surface area contributed by atoms with Crippen LogP contribution in [-0.2, 0) is 17.8 Å². The minimum atomic E-state index is -0.330. The monoisotopic (exact) mass is 405 g/mol. The molecule has 3 rings (SSSR count). The third-order valence-electron chi connectivity index (χ3n) is 4.05. The van der Waals surface area contributed by atoms with Crippen molar-refractivity contribution < 1.29 is 18.3 Å². The Morgan fingerprint density at radius 3 is 2.80 bits per heavy atom. The van der Waals surface area contributed by atoms with Crippen molar-refractivity contribution in [1.82, 2.24) is 4.90 Å². The van der Waals surface area contributed by atoms with E-state index in [0.29, 0.717) is 16.9 Å². The number of rotatable bonds is 5. The van der Waals surface area contributed by atoms with Gasteiger partial charge in [-0.05, 0) is 30.3 Å². The fourth-order valence-corrected chi connectivity index (χ4v) is 3.04. The zero-order valence-corrected chi connectivity index (χ0v) is 15.5. The van der Waals surface area contributed by atoms with Crippen molar-refractivity contribution >= 4 is 32.8 Å². The van der Waals surface area contributed by atoms with E-state index in [1.807, 2.05) is 12.1 Å². The van der Waals surface area contributed by atoms with Gasteiger partial charge in [0.15, 0.2) is 0 Å². The molecule has 0 aliphatic heterocycles. The Morgan fingerprint density at radius 2 is 2.04 bits per heavy atom. The lowest BCUT2D eigenvalue weighted by Gasteiger charge is -2.17. The molecule has 0 N–H and O–H groups in total. The number of likely N-dealkylation sites (N-methyl/N-ethyl adjacent to an activating group) is 1. The molecule has 4 nitrogen and oxygen atoms in total. The summed E-state index contributed by atoms with van der Waals surface area (Å²) in [6.45, 7) is 0.202. The minimum Gasteiger partial charge on any atom is -0.497 e. The second kappa shape index (κ2) is 7.27. The van der Waals surface area contributed by atoms with Crippen LogP contribution in [0.1, 0.15) is 11.1 Å². The van der Waals surface area contributed by atoms with Crippen LogP contribution in [0.15, 0.2) is 51.6 Å². The van der Waals surface area contributed by atoms with Gasteiger partial charge in [-0.3, -0.25) is 4.79 Å². The predicted octanol–water partition coefficient (Wildman–Crippen LogP) is 4.54. The first kappa shape index (κ1) is 17.5. The molecule has 1 aromatic heterocycles. The molecule has 0 saturated carbocycles. The number of hydrogen-bond acceptors (Lipinski definition) is 3. The maximum Gasteiger partial charge on any atom is 0.227 e. The van der Waals surface area contributed by atoms with E-state index < -0.39 is 0 Å². The van der Waals surface area contributed by atoms with E-state index in [0.717, 1.165) is 15.4 Å². The number of fused-ring (bicyclic) bond motifs is 1. The summed E-state index contributed by atoms with van der Waals surface area (Å²) in [5.41, 5.74) is 1.93. The molecule has 0 bridgehead atoms. The third kappa shape index (κ3) is 3.85. The van der Waals surface area contributed by atoms with E-state index in [1.165, 1.54) is 11.0 Å². The number of carbonyl (C=O) groups is 1. The summed E-state index contributed by atoms with van der Waals surface area (Å²) in [7, 11) is 3.25. The SMILES string of the molecule is COc1ccc2c(CC(=O)N(C)Cc3cc(Br)ccc3F)coc2c1. The number of hydrogen-bond donors (Lipinski definition) is 0. The first-order chi connectivity index (χ1) is 12.0. The Hall–Kier alpha value is -2.34. The Bertz CT molecular complexity index is 922. The smallest absolute Gasteiger partial charge is 0.227 e. The summed E-state index contributed by atoms with van der Waals surface area (Å²) in [6.07, 6.45) is 1.76. The third-order valence-corrected chi connectivity index (χ3v) is 4.54. The van der Waals surface area contributed by atoms with Crippen molar-refractivity contribution in [2.24, 2.45) is 0 Å². The highest BCUT2D eigenvalue weighted by Gasteiger charge is 2.16. The van der Waals surface area contributed by atoms with Gasteiger partial charge in [-0.1, -0.05) is 15.9 Å². The average molecular weight is 406 g/mol. The molecule has 1 heterocycles. The molecule has 6 heteroatoms. The van der Waals surface area contributed by atoms with Gasteiger partial charge in [0.2, 0.25) is 5.91 Å². The second-order valence-electron chi connectivity index (χ2n) is 5.79. The van der Waals surface area contributed by atoms with E-state index in [-0.39, 0.29) is 24.7 Å².